The molecule has 1 aromatic carbocycles. The lowest BCUT2D eigenvalue weighted by Crippen LogP contribution is -2.05. The summed E-state index contributed by atoms with van der Waals surface area (Å²) < 4.78 is 0. The molecule has 0 aliphatic heterocycles. The molecule has 3 aromatic rings. The van der Waals surface area contributed by atoms with Gasteiger partial charge in [-0.2, -0.15) is 0 Å². The van der Waals surface area contributed by atoms with E-state index in [1.807, 2.05) is 37.5 Å². The van der Waals surface area contributed by atoms with Gasteiger partial charge >= 0.3 is 0 Å². The highest BCUT2D eigenvalue weighted by atomic mass is 15.0. The molecule has 0 bridgehead atoms. The van der Waals surface area contributed by atoms with Crippen molar-refractivity contribution in [3.63, 3.8) is 0 Å². The molecule has 21 heavy (non-hydrogen) atoms. The minimum atomic E-state index is 0.750. The van der Waals surface area contributed by atoms with E-state index in [4.69, 9.17) is 4.98 Å². The molecule has 0 saturated heterocycles. The number of fused-ring (bicyclic) bond motifs is 1. The van der Waals surface area contributed by atoms with Gasteiger partial charge in [-0.1, -0.05) is 25.1 Å². The van der Waals surface area contributed by atoms with Gasteiger partial charge in [0, 0.05) is 35.5 Å². The summed E-state index contributed by atoms with van der Waals surface area (Å²) in [6.07, 6.45) is 2.70. The van der Waals surface area contributed by atoms with Gasteiger partial charge in [-0.25, -0.2) is 9.97 Å². The highest BCUT2D eigenvalue weighted by molar-refractivity contribution is 5.92. The van der Waals surface area contributed by atoms with Crippen LogP contribution in [0.25, 0.3) is 22.3 Å². The van der Waals surface area contributed by atoms with E-state index in [0.717, 1.165) is 45.8 Å². The van der Waals surface area contributed by atoms with E-state index in [-0.39, 0.29) is 0 Å². The standard InChI is InChI=1S/C17H18N4/c1-4-14-11(2)16(18-3)21-17(20-14)13-9-10-19-15-8-6-5-7-12(13)15/h5-10H,4H2,1-3H3,(H,18,20,21). The average molecular weight is 278 g/mol. The summed E-state index contributed by atoms with van der Waals surface area (Å²) in [6, 6.07) is 10.1. The summed E-state index contributed by atoms with van der Waals surface area (Å²) in [4.78, 5) is 13.8. The number of rotatable bonds is 3. The lowest BCUT2D eigenvalue weighted by molar-refractivity contribution is 0.978. The molecule has 3 rings (SSSR count). The Hall–Kier alpha value is -2.49. The van der Waals surface area contributed by atoms with Crippen LogP contribution in [0.15, 0.2) is 36.5 Å². The molecule has 1 N–H and O–H groups in total. The maximum atomic E-state index is 4.74. The van der Waals surface area contributed by atoms with Crippen LogP contribution in [-0.2, 0) is 6.42 Å². The summed E-state index contributed by atoms with van der Waals surface area (Å²) in [6.45, 7) is 4.17. The molecule has 0 aliphatic carbocycles. The van der Waals surface area contributed by atoms with Crippen LogP contribution in [0.2, 0.25) is 0 Å². The van der Waals surface area contributed by atoms with Crippen molar-refractivity contribution in [2.45, 2.75) is 20.3 Å². The van der Waals surface area contributed by atoms with E-state index < -0.39 is 0 Å². The zero-order valence-corrected chi connectivity index (χ0v) is 12.5. The summed E-state index contributed by atoms with van der Waals surface area (Å²) in [5.74, 6) is 1.64. The van der Waals surface area contributed by atoms with Crippen molar-refractivity contribution in [3.05, 3.63) is 47.8 Å². The molecule has 0 fully saturated rings. The first-order valence-corrected chi connectivity index (χ1v) is 7.14. The molecule has 0 spiro atoms. The number of hydrogen-bond acceptors (Lipinski definition) is 4. The maximum absolute atomic E-state index is 4.74. The second-order valence-electron chi connectivity index (χ2n) is 4.95. The van der Waals surface area contributed by atoms with Crippen molar-refractivity contribution in [2.75, 3.05) is 12.4 Å². The van der Waals surface area contributed by atoms with Gasteiger partial charge in [-0.05, 0) is 25.5 Å². The van der Waals surface area contributed by atoms with Crippen LogP contribution in [-0.4, -0.2) is 22.0 Å². The lowest BCUT2D eigenvalue weighted by atomic mass is 10.1. The van der Waals surface area contributed by atoms with Crippen LogP contribution in [0.4, 0.5) is 5.82 Å². The quantitative estimate of drug-likeness (QED) is 0.795. The first-order valence-electron chi connectivity index (χ1n) is 7.14. The molecule has 4 nitrogen and oxygen atoms in total. The fraction of sp³-hybridized carbons (Fsp3) is 0.235. The summed E-state index contributed by atoms with van der Waals surface area (Å²) in [5, 5.41) is 4.24. The third kappa shape index (κ3) is 2.33. The molecule has 2 heterocycles. The second-order valence-corrected chi connectivity index (χ2v) is 4.95. The number of nitrogens with zero attached hydrogens (tertiary/aromatic N) is 3. The van der Waals surface area contributed by atoms with Crippen molar-refractivity contribution >= 4 is 16.7 Å². The van der Waals surface area contributed by atoms with E-state index in [0.29, 0.717) is 0 Å². The van der Waals surface area contributed by atoms with Gasteiger partial charge in [-0.3, -0.25) is 4.98 Å². The number of aromatic nitrogens is 3. The number of benzene rings is 1. The minimum absolute atomic E-state index is 0.750. The molecule has 0 aliphatic rings. The van der Waals surface area contributed by atoms with Crippen LogP contribution in [0.5, 0.6) is 0 Å². The third-order valence-electron chi connectivity index (χ3n) is 3.71. The average Bonchev–Trinajstić information content (AvgIpc) is 2.54. The van der Waals surface area contributed by atoms with Crippen LogP contribution in [0.1, 0.15) is 18.2 Å². The molecule has 0 saturated carbocycles. The SMILES string of the molecule is CCc1nc(-c2ccnc3ccccc23)nc(NC)c1C. The molecule has 106 valence electrons. The third-order valence-corrected chi connectivity index (χ3v) is 3.71. The fourth-order valence-electron chi connectivity index (χ4n) is 2.56. The van der Waals surface area contributed by atoms with Gasteiger partial charge in [0.2, 0.25) is 0 Å². The predicted octanol–water partition coefficient (Wildman–Crippen LogP) is 3.60. The molecule has 0 radical (unpaired) electrons. The van der Waals surface area contributed by atoms with E-state index in [2.05, 4.69) is 35.2 Å². The summed E-state index contributed by atoms with van der Waals surface area (Å²) in [5.41, 5.74) is 4.17. The monoisotopic (exact) mass is 278 g/mol. The predicted molar refractivity (Wildman–Crippen MR) is 86.4 cm³/mol. The van der Waals surface area contributed by atoms with Crippen LogP contribution in [0, 0.1) is 6.92 Å². The Kier molecular flexibility index (Phi) is 3.52. The smallest absolute Gasteiger partial charge is 0.162 e. The van der Waals surface area contributed by atoms with E-state index >= 15 is 0 Å². The van der Waals surface area contributed by atoms with Crippen molar-refractivity contribution in [3.8, 4) is 11.4 Å². The van der Waals surface area contributed by atoms with Crippen molar-refractivity contribution < 1.29 is 0 Å². The molecular weight excluding hydrogens is 260 g/mol. The van der Waals surface area contributed by atoms with Crippen molar-refractivity contribution in [2.24, 2.45) is 0 Å². The van der Waals surface area contributed by atoms with E-state index in [1.165, 1.54) is 0 Å². The number of aryl methyl sites for hydroxylation is 1. The molecule has 4 heteroatoms. The first kappa shape index (κ1) is 13.5. The zero-order valence-electron chi connectivity index (χ0n) is 12.5. The second kappa shape index (κ2) is 5.48. The Balaban J connectivity index is 2.28. The van der Waals surface area contributed by atoms with E-state index in [1.54, 1.807) is 0 Å². The highest BCUT2D eigenvalue weighted by Gasteiger charge is 2.12. The van der Waals surface area contributed by atoms with Crippen molar-refractivity contribution in [1.82, 2.24) is 15.0 Å². The molecular formula is C17H18N4. The highest BCUT2D eigenvalue weighted by Crippen LogP contribution is 2.27. The Morgan fingerprint density at radius 2 is 1.90 bits per heavy atom. The normalized spacial score (nSPS) is 10.8. The van der Waals surface area contributed by atoms with Gasteiger partial charge < -0.3 is 5.32 Å². The molecule has 0 atom stereocenters. The maximum Gasteiger partial charge on any atom is 0.162 e. The Labute approximate surface area is 124 Å². The summed E-state index contributed by atoms with van der Waals surface area (Å²) >= 11 is 0. The number of para-hydroxylation sites is 1. The Morgan fingerprint density at radius 3 is 2.67 bits per heavy atom. The zero-order chi connectivity index (χ0) is 14.8. The van der Waals surface area contributed by atoms with Crippen LogP contribution < -0.4 is 5.32 Å². The van der Waals surface area contributed by atoms with Crippen LogP contribution in [0.3, 0.4) is 0 Å². The Bertz CT molecular complexity index is 765. The van der Waals surface area contributed by atoms with Gasteiger partial charge in [0.15, 0.2) is 5.82 Å². The van der Waals surface area contributed by atoms with Gasteiger partial charge in [0.25, 0.3) is 0 Å². The van der Waals surface area contributed by atoms with Crippen LogP contribution >= 0.6 is 0 Å². The van der Waals surface area contributed by atoms with Gasteiger partial charge in [-0.15, -0.1) is 0 Å². The van der Waals surface area contributed by atoms with E-state index in [9.17, 15) is 0 Å². The number of anilines is 1. The topological polar surface area (TPSA) is 50.7 Å². The summed E-state index contributed by atoms with van der Waals surface area (Å²) in [7, 11) is 1.89. The largest absolute Gasteiger partial charge is 0.373 e. The molecule has 0 unspecified atom stereocenters. The fourth-order valence-corrected chi connectivity index (χ4v) is 2.56. The molecule has 2 aromatic heterocycles. The van der Waals surface area contributed by atoms with Crippen molar-refractivity contribution in [1.29, 1.82) is 0 Å². The first-order chi connectivity index (χ1) is 10.2. The lowest BCUT2D eigenvalue weighted by Gasteiger charge is -2.12. The van der Waals surface area contributed by atoms with Gasteiger partial charge in [0.1, 0.15) is 5.82 Å². The number of nitrogens with one attached hydrogen (secondary N) is 1. The molecule has 0 amide bonds. The minimum Gasteiger partial charge on any atom is -0.373 e. The van der Waals surface area contributed by atoms with Gasteiger partial charge in [0.05, 0.1) is 5.52 Å². The number of pyridine rings is 1. The number of hydrogen-bond donors (Lipinski definition) is 1. The Morgan fingerprint density at radius 1 is 1.10 bits per heavy atom.